The van der Waals surface area contributed by atoms with Crippen molar-refractivity contribution in [3.05, 3.63) is 41.5 Å². The number of carbonyl (C=O) groups is 1. The van der Waals surface area contributed by atoms with Crippen molar-refractivity contribution in [2.75, 3.05) is 19.7 Å². The van der Waals surface area contributed by atoms with E-state index in [1.165, 1.54) is 0 Å². The molecule has 1 aromatic heterocycles. The highest BCUT2D eigenvalue weighted by atomic mass is 16.5. The van der Waals surface area contributed by atoms with Crippen LogP contribution in [0, 0.1) is 5.92 Å². The van der Waals surface area contributed by atoms with Crippen molar-refractivity contribution in [1.29, 1.82) is 0 Å². The summed E-state index contributed by atoms with van der Waals surface area (Å²) in [7, 11) is 0. The summed E-state index contributed by atoms with van der Waals surface area (Å²) in [6, 6.07) is 7.79. The number of likely N-dealkylation sites (tertiary alicyclic amines) is 1. The Labute approximate surface area is 160 Å². The minimum absolute atomic E-state index is 0.192. The highest BCUT2D eigenvalue weighted by Gasteiger charge is 2.24. The molecule has 0 saturated carbocycles. The van der Waals surface area contributed by atoms with E-state index in [4.69, 9.17) is 9.26 Å². The van der Waals surface area contributed by atoms with Gasteiger partial charge in [0.05, 0.1) is 13.0 Å². The first kappa shape index (κ1) is 19.4. The average molecular weight is 371 g/mol. The first-order chi connectivity index (χ1) is 13.0. The highest BCUT2D eigenvalue weighted by Crippen LogP contribution is 2.23. The molecular weight excluding hydrogens is 342 g/mol. The minimum Gasteiger partial charge on any atom is -0.494 e. The van der Waals surface area contributed by atoms with Gasteiger partial charge >= 0.3 is 0 Å². The van der Waals surface area contributed by atoms with Crippen LogP contribution in [0.4, 0.5) is 0 Å². The van der Waals surface area contributed by atoms with Crippen LogP contribution in [0.2, 0.25) is 0 Å². The third kappa shape index (κ3) is 5.31. The van der Waals surface area contributed by atoms with Crippen LogP contribution in [0.15, 0.2) is 28.8 Å². The summed E-state index contributed by atoms with van der Waals surface area (Å²) in [4.78, 5) is 19.0. The highest BCUT2D eigenvalue weighted by molar-refractivity contribution is 5.78. The van der Waals surface area contributed by atoms with Crippen LogP contribution in [0.1, 0.15) is 56.8 Å². The van der Waals surface area contributed by atoms with E-state index < -0.39 is 0 Å². The second kappa shape index (κ2) is 9.02. The van der Waals surface area contributed by atoms with E-state index in [2.05, 4.69) is 24.0 Å². The Balaban J connectivity index is 1.45. The Morgan fingerprint density at radius 1 is 1.26 bits per heavy atom. The predicted octanol–water partition coefficient (Wildman–Crippen LogP) is 3.62. The van der Waals surface area contributed by atoms with Crippen LogP contribution >= 0.6 is 0 Å². The molecule has 1 aliphatic heterocycles. The Morgan fingerprint density at radius 2 is 1.96 bits per heavy atom. The van der Waals surface area contributed by atoms with Gasteiger partial charge < -0.3 is 14.2 Å². The Kier molecular flexibility index (Phi) is 6.48. The number of ether oxygens (including phenoxy) is 1. The summed E-state index contributed by atoms with van der Waals surface area (Å²) in [6.07, 6.45) is 3.21. The smallest absolute Gasteiger partial charge is 0.226 e. The zero-order chi connectivity index (χ0) is 19.2. The molecule has 0 aliphatic carbocycles. The molecule has 0 bridgehead atoms. The van der Waals surface area contributed by atoms with E-state index in [1.54, 1.807) is 0 Å². The maximum atomic E-state index is 12.6. The van der Waals surface area contributed by atoms with Gasteiger partial charge in [-0.25, -0.2) is 0 Å². The molecule has 6 nitrogen and oxygen atoms in total. The van der Waals surface area contributed by atoms with E-state index in [1.807, 2.05) is 36.1 Å². The second-order valence-electron chi connectivity index (χ2n) is 7.48. The molecule has 1 aromatic carbocycles. The van der Waals surface area contributed by atoms with Crippen LogP contribution in [-0.2, 0) is 17.6 Å². The fourth-order valence-corrected chi connectivity index (χ4v) is 3.38. The maximum absolute atomic E-state index is 12.6. The van der Waals surface area contributed by atoms with E-state index in [0.29, 0.717) is 18.9 Å². The molecule has 1 aliphatic rings. The van der Waals surface area contributed by atoms with E-state index in [9.17, 15) is 4.79 Å². The van der Waals surface area contributed by atoms with Crippen molar-refractivity contribution in [3.63, 3.8) is 0 Å². The Hall–Kier alpha value is -2.37. The number of amides is 1. The number of aromatic nitrogens is 2. The topological polar surface area (TPSA) is 68.5 Å². The first-order valence-corrected chi connectivity index (χ1v) is 9.87. The maximum Gasteiger partial charge on any atom is 0.226 e. The van der Waals surface area contributed by atoms with Gasteiger partial charge in [-0.05, 0) is 43.4 Å². The molecule has 3 rings (SSSR count). The molecule has 1 amide bonds. The molecule has 0 N–H and O–H groups in total. The lowest BCUT2D eigenvalue weighted by Crippen LogP contribution is -2.39. The lowest BCUT2D eigenvalue weighted by Gasteiger charge is -2.31. The van der Waals surface area contributed by atoms with Gasteiger partial charge in [-0.3, -0.25) is 4.79 Å². The van der Waals surface area contributed by atoms with E-state index >= 15 is 0 Å². The van der Waals surface area contributed by atoms with Gasteiger partial charge in [-0.1, -0.05) is 31.1 Å². The van der Waals surface area contributed by atoms with E-state index in [-0.39, 0.29) is 11.8 Å². The molecule has 0 spiro atoms. The van der Waals surface area contributed by atoms with Crippen molar-refractivity contribution >= 4 is 5.91 Å². The Bertz CT molecular complexity index is 731. The summed E-state index contributed by atoms with van der Waals surface area (Å²) < 4.78 is 10.8. The third-order valence-electron chi connectivity index (χ3n) is 5.02. The normalized spacial score (nSPS) is 15.3. The van der Waals surface area contributed by atoms with Crippen LogP contribution in [0.25, 0.3) is 0 Å². The number of hydrogen-bond acceptors (Lipinski definition) is 5. The van der Waals surface area contributed by atoms with E-state index in [0.717, 1.165) is 55.4 Å². The largest absolute Gasteiger partial charge is 0.494 e. The number of nitrogens with zero attached hydrogens (tertiary/aromatic N) is 3. The fraction of sp³-hybridized carbons (Fsp3) is 0.571. The van der Waals surface area contributed by atoms with Gasteiger partial charge in [0.1, 0.15) is 5.75 Å². The molecule has 2 heterocycles. The van der Waals surface area contributed by atoms with Gasteiger partial charge in [0, 0.05) is 25.4 Å². The molecule has 6 heteroatoms. The SMILES string of the molecule is CCOc1ccc(CC(=O)N2CCC(Cc3nc(C(C)C)no3)CC2)cc1. The molecule has 1 fully saturated rings. The van der Waals surface area contributed by atoms with Gasteiger partial charge in [0.2, 0.25) is 11.8 Å². The van der Waals surface area contributed by atoms with Gasteiger partial charge in [0.25, 0.3) is 0 Å². The molecular formula is C21H29N3O3. The zero-order valence-corrected chi connectivity index (χ0v) is 16.5. The standard InChI is InChI=1S/C21H29N3O3/c1-4-26-18-7-5-16(6-8-18)14-20(25)24-11-9-17(10-12-24)13-19-22-21(15(2)3)23-27-19/h5-8,15,17H,4,9-14H2,1-3H3. The van der Waals surface area contributed by atoms with Gasteiger partial charge in [0.15, 0.2) is 5.82 Å². The quantitative estimate of drug-likeness (QED) is 0.744. The minimum atomic E-state index is 0.192. The van der Waals surface area contributed by atoms with Crippen molar-refractivity contribution in [2.24, 2.45) is 5.92 Å². The molecule has 2 aromatic rings. The fourth-order valence-electron chi connectivity index (χ4n) is 3.38. The average Bonchev–Trinajstić information content (AvgIpc) is 3.13. The summed E-state index contributed by atoms with van der Waals surface area (Å²) in [5, 5.41) is 4.03. The van der Waals surface area contributed by atoms with Gasteiger partial charge in [-0.2, -0.15) is 4.98 Å². The van der Waals surface area contributed by atoms with Crippen LogP contribution in [0.5, 0.6) is 5.75 Å². The molecule has 0 unspecified atom stereocenters. The first-order valence-electron chi connectivity index (χ1n) is 9.87. The van der Waals surface area contributed by atoms with Gasteiger partial charge in [-0.15, -0.1) is 0 Å². The lowest BCUT2D eigenvalue weighted by molar-refractivity contribution is -0.131. The third-order valence-corrected chi connectivity index (χ3v) is 5.02. The summed E-state index contributed by atoms with van der Waals surface area (Å²) in [5.74, 6) is 3.31. The Morgan fingerprint density at radius 3 is 2.56 bits per heavy atom. The van der Waals surface area contributed by atoms with Crippen molar-refractivity contribution in [3.8, 4) is 5.75 Å². The molecule has 0 radical (unpaired) electrons. The number of benzene rings is 1. The van der Waals surface area contributed by atoms with Crippen LogP contribution in [0.3, 0.4) is 0 Å². The summed E-state index contributed by atoms with van der Waals surface area (Å²) in [5.41, 5.74) is 1.03. The second-order valence-corrected chi connectivity index (χ2v) is 7.48. The number of carbonyl (C=O) groups excluding carboxylic acids is 1. The number of rotatable bonds is 7. The van der Waals surface area contributed by atoms with Crippen LogP contribution < -0.4 is 4.74 Å². The number of piperidine rings is 1. The van der Waals surface area contributed by atoms with Crippen molar-refractivity contribution < 1.29 is 14.1 Å². The zero-order valence-electron chi connectivity index (χ0n) is 16.5. The molecule has 1 saturated heterocycles. The predicted molar refractivity (Wildman–Crippen MR) is 103 cm³/mol. The summed E-state index contributed by atoms with van der Waals surface area (Å²) >= 11 is 0. The summed E-state index contributed by atoms with van der Waals surface area (Å²) in [6.45, 7) is 8.32. The monoisotopic (exact) mass is 371 g/mol. The molecule has 0 atom stereocenters. The van der Waals surface area contributed by atoms with Crippen LogP contribution in [-0.4, -0.2) is 40.6 Å². The number of hydrogen-bond donors (Lipinski definition) is 0. The van der Waals surface area contributed by atoms with Crippen molar-refractivity contribution in [1.82, 2.24) is 15.0 Å². The lowest BCUT2D eigenvalue weighted by atomic mass is 9.93. The molecule has 27 heavy (non-hydrogen) atoms. The van der Waals surface area contributed by atoms with Crippen molar-refractivity contribution in [2.45, 2.75) is 52.4 Å². The molecule has 146 valence electrons.